The zero-order valence-corrected chi connectivity index (χ0v) is 19.5. The number of ketones is 1. The molecular formula is C23H22N4O4S2. The number of thiazole rings is 1. The number of nitrogens with zero attached hydrogens (tertiary/aromatic N) is 2. The molecule has 8 nitrogen and oxygen atoms in total. The van der Waals surface area contributed by atoms with Crippen molar-refractivity contribution in [3.05, 3.63) is 59.4 Å². The van der Waals surface area contributed by atoms with E-state index in [1.807, 2.05) is 19.1 Å². The van der Waals surface area contributed by atoms with Crippen LogP contribution in [-0.4, -0.2) is 32.9 Å². The molecule has 3 N–H and O–H groups in total. The van der Waals surface area contributed by atoms with Crippen molar-refractivity contribution >= 4 is 51.7 Å². The Morgan fingerprint density at radius 1 is 1.09 bits per heavy atom. The second-order valence-electron chi connectivity index (χ2n) is 7.72. The number of pyridine rings is 1. The number of amides is 2. The number of carboxylic acid groups (broad SMARTS) is 1. The standard InChI is InChI=1S/C23H22N4O4S2/c1-13-8-9-17(16(11-13)19(28)14-5-2-3-6-14)26-22(31)27-23-25-12-18(33-23)32-20-15(21(29)30)7-4-10-24-20/h4,7-12,14H,2-3,5-6H2,1H3,(H,29,30)(H2,25,26,27,31). The predicted molar refractivity (Wildman–Crippen MR) is 128 cm³/mol. The number of Topliss-reactive ketones (excluding diaryl/α,β-unsaturated/α-hetero) is 1. The number of aromatic nitrogens is 2. The highest BCUT2D eigenvalue weighted by Crippen LogP contribution is 2.35. The van der Waals surface area contributed by atoms with Crippen LogP contribution in [0.2, 0.25) is 0 Å². The van der Waals surface area contributed by atoms with E-state index in [-0.39, 0.29) is 17.3 Å². The van der Waals surface area contributed by atoms with Gasteiger partial charge >= 0.3 is 12.0 Å². The third-order valence-corrected chi connectivity index (χ3v) is 7.35. The van der Waals surface area contributed by atoms with Crippen molar-refractivity contribution < 1.29 is 19.5 Å². The molecule has 0 radical (unpaired) electrons. The van der Waals surface area contributed by atoms with Gasteiger partial charge in [-0.05, 0) is 44.0 Å². The first-order valence-electron chi connectivity index (χ1n) is 10.5. The molecule has 1 aliphatic rings. The van der Waals surface area contributed by atoms with E-state index in [4.69, 9.17) is 0 Å². The van der Waals surface area contributed by atoms with Crippen LogP contribution < -0.4 is 10.6 Å². The quantitative estimate of drug-likeness (QED) is 0.369. The highest BCUT2D eigenvalue weighted by molar-refractivity contribution is 8.01. The molecule has 10 heteroatoms. The van der Waals surface area contributed by atoms with Crippen LogP contribution >= 0.6 is 23.1 Å². The van der Waals surface area contributed by atoms with E-state index in [9.17, 15) is 19.5 Å². The maximum Gasteiger partial charge on any atom is 0.338 e. The molecule has 0 atom stereocenters. The van der Waals surface area contributed by atoms with Gasteiger partial charge in [0.25, 0.3) is 0 Å². The monoisotopic (exact) mass is 482 g/mol. The van der Waals surface area contributed by atoms with Gasteiger partial charge in [0.15, 0.2) is 10.9 Å². The topological polar surface area (TPSA) is 121 Å². The predicted octanol–water partition coefficient (Wildman–Crippen LogP) is 5.71. The van der Waals surface area contributed by atoms with Gasteiger partial charge in [-0.2, -0.15) is 0 Å². The molecule has 0 bridgehead atoms. The number of hydrogen-bond donors (Lipinski definition) is 3. The fraction of sp³-hybridized carbons (Fsp3) is 0.261. The Morgan fingerprint density at radius 3 is 2.64 bits per heavy atom. The molecule has 1 saturated carbocycles. The number of rotatable bonds is 7. The van der Waals surface area contributed by atoms with Gasteiger partial charge in [-0.15, -0.1) is 0 Å². The molecule has 1 aliphatic carbocycles. The van der Waals surface area contributed by atoms with E-state index >= 15 is 0 Å². The molecule has 1 fully saturated rings. The minimum atomic E-state index is -1.06. The van der Waals surface area contributed by atoms with Crippen molar-refractivity contribution in [2.24, 2.45) is 5.92 Å². The van der Waals surface area contributed by atoms with E-state index in [2.05, 4.69) is 20.6 Å². The van der Waals surface area contributed by atoms with Crippen LogP contribution in [0, 0.1) is 12.8 Å². The van der Waals surface area contributed by atoms with Crippen molar-refractivity contribution in [3.8, 4) is 0 Å². The highest BCUT2D eigenvalue weighted by atomic mass is 32.2. The van der Waals surface area contributed by atoms with Gasteiger partial charge in [-0.25, -0.2) is 19.6 Å². The van der Waals surface area contributed by atoms with E-state index in [1.165, 1.54) is 23.6 Å². The first-order chi connectivity index (χ1) is 15.9. The Morgan fingerprint density at radius 2 is 1.88 bits per heavy atom. The zero-order chi connectivity index (χ0) is 23.4. The summed E-state index contributed by atoms with van der Waals surface area (Å²) >= 11 is 2.36. The van der Waals surface area contributed by atoms with Crippen LogP contribution in [0.5, 0.6) is 0 Å². The van der Waals surface area contributed by atoms with Gasteiger partial charge < -0.3 is 10.4 Å². The van der Waals surface area contributed by atoms with E-state index in [0.29, 0.717) is 25.6 Å². The van der Waals surface area contributed by atoms with Crippen molar-refractivity contribution in [3.63, 3.8) is 0 Å². The number of anilines is 2. The van der Waals surface area contributed by atoms with Crippen molar-refractivity contribution in [2.75, 3.05) is 10.6 Å². The average molecular weight is 483 g/mol. The van der Waals surface area contributed by atoms with Crippen molar-refractivity contribution in [1.29, 1.82) is 0 Å². The fourth-order valence-corrected chi connectivity index (χ4v) is 5.58. The molecule has 1 aromatic carbocycles. The fourth-order valence-electron chi connectivity index (χ4n) is 3.72. The molecule has 0 aliphatic heterocycles. The van der Waals surface area contributed by atoms with E-state index in [0.717, 1.165) is 43.0 Å². The molecule has 4 rings (SSSR count). The summed E-state index contributed by atoms with van der Waals surface area (Å²) in [4.78, 5) is 45.3. The van der Waals surface area contributed by atoms with Crippen LogP contribution in [0.25, 0.3) is 0 Å². The highest BCUT2D eigenvalue weighted by Gasteiger charge is 2.26. The number of carbonyl (C=O) groups is 3. The number of benzene rings is 1. The van der Waals surface area contributed by atoms with Gasteiger partial charge in [0.1, 0.15) is 5.03 Å². The molecule has 2 heterocycles. The molecular weight excluding hydrogens is 460 g/mol. The minimum Gasteiger partial charge on any atom is -0.478 e. The maximum atomic E-state index is 13.0. The largest absolute Gasteiger partial charge is 0.478 e. The molecule has 0 unspecified atom stereocenters. The summed E-state index contributed by atoms with van der Waals surface area (Å²) in [5.41, 5.74) is 2.06. The number of carboxylic acids is 1. The van der Waals surface area contributed by atoms with Crippen LogP contribution in [0.3, 0.4) is 0 Å². The second kappa shape index (κ2) is 10.1. The first-order valence-corrected chi connectivity index (χ1v) is 12.1. The Labute approximate surface area is 198 Å². The summed E-state index contributed by atoms with van der Waals surface area (Å²) in [6.07, 6.45) is 6.96. The molecule has 2 aromatic heterocycles. The Bertz CT molecular complexity index is 1200. The van der Waals surface area contributed by atoms with Crippen LogP contribution in [0.4, 0.5) is 15.6 Å². The summed E-state index contributed by atoms with van der Waals surface area (Å²) in [6.45, 7) is 1.92. The van der Waals surface area contributed by atoms with Crippen molar-refractivity contribution in [1.82, 2.24) is 9.97 Å². The van der Waals surface area contributed by atoms with Crippen LogP contribution in [0.1, 0.15) is 52.0 Å². The molecule has 0 spiro atoms. The van der Waals surface area contributed by atoms with Gasteiger partial charge in [-0.1, -0.05) is 47.6 Å². The normalized spacial score (nSPS) is 13.6. The maximum absolute atomic E-state index is 13.0. The van der Waals surface area contributed by atoms with Gasteiger partial charge in [0.2, 0.25) is 0 Å². The molecule has 2 amide bonds. The smallest absolute Gasteiger partial charge is 0.338 e. The summed E-state index contributed by atoms with van der Waals surface area (Å²) in [6, 6.07) is 7.96. The Kier molecular flexibility index (Phi) is 7.05. The van der Waals surface area contributed by atoms with Gasteiger partial charge in [-0.3, -0.25) is 10.1 Å². The number of urea groups is 1. The third kappa shape index (κ3) is 5.58. The molecule has 170 valence electrons. The Hall–Kier alpha value is -3.24. The summed E-state index contributed by atoms with van der Waals surface area (Å²) in [5.74, 6) is -0.978. The van der Waals surface area contributed by atoms with E-state index in [1.54, 1.807) is 18.3 Å². The zero-order valence-electron chi connectivity index (χ0n) is 17.8. The van der Waals surface area contributed by atoms with Crippen molar-refractivity contribution in [2.45, 2.75) is 41.8 Å². The number of aromatic carboxylic acids is 1. The lowest BCUT2D eigenvalue weighted by atomic mass is 9.94. The number of nitrogens with one attached hydrogen (secondary N) is 2. The lowest BCUT2D eigenvalue weighted by molar-refractivity contribution is 0.0692. The lowest BCUT2D eigenvalue weighted by Gasteiger charge is -2.14. The average Bonchev–Trinajstić information content (AvgIpc) is 3.47. The number of aryl methyl sites for hydroxylation is 1. The summed E-state index contributed by atoms with van der Waals surface area (Å²) in [7, 11) is 0. The minimum absolute atomic E-state index is 0.0104. The Balaban J connectivity index is 1.44. The molecule has 3 aromatic rings. The van der Waals surface area contributed by atoms with E-state index < -0.39 is 12.0 Å². The SMILES string of the molecule is Cc1ccc(NC(=O)Nc2ncc(Sc3ncccc3C(=O)O)s2)c(C(=O)C2CCCC2)c1. The molecule has 33 heavy (non-hydrogen) atoms. The third-order valence-electron chi connectivity index (χ3n) is 5.32. The number of carbonyl (C=O) groups excluding carboxylic acids is 2. The number of hydrogen-bond acceptors (Lipinski definition) is 7. The summed E-state index contributed by atoms with van der Waals surface area (Å²) in [5, 5.41) is 15.4. The van der Waals surface area contributed by atoms with Gasteiger partial charge in [0.05, 0.1) is 21.7 Å². The second-order valence-corrected chi connectivity index (χ2v) is 10.0. The molecule has 0 saturated heterocycles. The first kappa shape index (κ1) is 22.9. The van der Waals surface area contributed by atoms with Crippen LogP contribution in [-0.2, 0) is 0 Å². The van der Waals surface area contributed by atoms with Gasteiger partial charge in [0, 0.05) is 17.7 Å². The van der Waals surface area contributed by atoms with Crippen LogP contribution in [0.15, 0.2) is 52.0 Å². The lowest BCUT2D eigenvalue weighted by Crippen LogP contribution is -2.22. The summed E-state index contributed by atoms with van der Waals surface area (Å²) < 4.78 is 0.680.